The summed E-state index contributed by atoms with van der Waals surface area (Å²) in [5.74, 6) is 1.18. The molecule has 0 aliphatic carbocycles. The highest BCUT2D eigenvalue weighted by atomic mass is 35.5. The molecule has 0 aliphatic rings. The summed E-state index contributed by atoms with van der Waals surface area (Å²) < 4.78 is 31.6. The van der Waals surface area contributed by atoms with Crippen molar-refractivity contribution in [2.45, 2.75) is 18.1 Å². The largest absolute Gasteiger partial charge is 0.382 e. The van der Waals surface area contributed by atoms with Crippen LogP contribution in [0.5, 0.6) is 5.75 Å². The maximum absolute atomic E-state index is 12.3. The molecule has 1 unspecified atom stereocenters. The van der Waals surface area contributed by atoms with Crippen molar-refractivity contribution >= 4 is 33.5 Å². The summed E-state index contributed by atoms with van der Waals surface area (Å²) in [5.41, 5.74) is 0.860. The van der Waals surface area contributed by atoms with E-state index in [2.05, 4.69) is 10.2 Å². The van der Waals surface area contributed by atoms with Crippen LogP contribution in [0.2, 0.25) is 5.02 Å². The van der Waals surface area contributed by atoms with E-state index < -0.39 is 10.1 Å². The number of hydrogen-bond acceptors (Lipinski definition) is 7. The molecule has 3 aromatic rings. The molecular weight excluding hydrogens is 444 g/mol. The normalized spacial score (nSPS) is 12.8. The van der Waals surface area contributed by atoms with E-state index in [1.807, 2.05) is 42.6 Å². The monoisotopic (exact) mass is 466 g/mol. The summed E-state index contributed by atoms with van der Waals surface area (Å²) in [4.78, 5) is 2.03. The molecule has 2 aromatic carbocycles. The van der Waals surface area contributed by atoms with E-state index in [0.29, 0.717) is 15.9 Å². The summed E-state index contributed by atoms with van der Waals surface area (Å²) in [6.45, 7) is 2.03. The lowest BCUT2D eigenvalue weighted by Gasteiger charge is -2.20. The zero-order chi connectivity index (χ0) is 21.7. The number of hydrogen-bond donors (Lipinski definition) is 0. The quantitative estimate of drug-likeness (QED) is 0.348. The second-order valence-electron chi connectivity index (χ2n) is 6.80. The second-order valence-corrected chi connectivity index (χ2v) is 9.99. The Labute approximate surface area is 186 Å². The van der Waals surface area contributed by atoms with Gasteiger partial charge < -0.3 is 4.18 Å². The first-order valence-corrected chi connectivity index (χ1v) is 12.2. The molecule has 30 heavy (non-hydrogen) atoms. The van der Waals surface area contributed by atoms with Crippen LogP contribution in [0.3, 0.4) is 0 Å². The molecule has 3 rings (SSSR count). The Morgan fingerprint density at radius 2 is 1.77 bits per heavy atom. The van der Waals surface area contributed by atoms with E-state index in [4.69, 9.17) is 15.8 Å². The van der Waals surface area contributed by atoms with Crippen molar-refractivity contribution in [3.63, 3.8) is 0 Å². The van der Waals surface area contributed by atoms with Gasteiger partial charge in [-0.2, -0.15) is 8.42 Å². The van der Waals surface area contributed by atoms with Gasteiger partial charge in [0.2, 0.25) is 0 Å². The summed E-state index contributed by atoms with van der Waals surface area (Å²) >= 11 is 7.34. The Morgan fingerprint density at radius 3 is 2.40 bits per heavy atom. The molecule has 0 bridgehead atoms. The zero-order valence-electron chi connectivity index (χ0n) is 16.9. The molecule has 7 nitrogen and oxygen atoms in total. The van der Waals surface area contributed by atoms with Crippen LogP contribution >= 0.6 is 23.4 Å². The zero-order valence-corrected chi connectivity index (χ0v) is 19.3. The maximum atomic E-state index is 12.3. The van der Waals surface area contributed by atoms with Crippen LogP contribution in [-0.4, -0.2) is 53.7 Å². The molecule has 1 heterocycles. The van der Waals surface area contributed by atoms with Gasteiger partial charge in [0, 0.05) is 16.5 Å². The summed E-state index contributed by atoms with van der Waals surface area (Å²) in [5, 5.41) is 9.90. The molecule has 0 saturated heterocycles. The lowest BCUT2D eigenvalue weighted by Crippen LogP contribution is -2.20. The maximum Gasteiger partial charge on any atom is 0.310 e. The van der Waals surface area contributed by atoms with Crippen LogP contribution in [0.1, 0.15) is 18.8 Å². The Hall–Kier alpha value is -2.07. The lowest BCUT2D eigenvalue weighted by molar-refractivity contribution is 0.305. The van der Waals surface area contributed by atoms with Gasteiger partial charge in [0.05, 0.1) is 11.8 Å². The minimum atomic E-state index is -3.71. The Kier molecular flexibility index (Phi) is 7.41. The standard InChI is InChI=1S/C20H23ClN4O3S2/c1-15(24(2)3)19-22-23-20(25(19)17-11-9-16(21)10-12-17)29-13-14-30(26,27)28-18-7-5-4-6-8-18/h4-12,15H,13-14H2,1-3H3. The predicted molar refractivity (Wildman–Crippen MR) is 120 cm³/mol. The minimum absolute atomic E-state index is 0.00711. The van der Waals surface area contributed by atoms with Crippen molar-refractivity contribution in [2.75, 3.05) is 25.6 Å². The number of aromatic nitrogens is 3. The molecule has 0 N–H and O–H groups in total. The first-order chi connectivity index (χ1) is 14.3. The summed E-state index contributed by atoms with van der Waals surface area (Å²) in [7, 11) is 0.213. The molecule has 1 atom stereocenters. The Bertz CT molecular complexity index is 1070. The molecule has 0 spiro atoms. The van der Waals surface area contributed by atoms with Crippen LogP contribution in [0.15, 0.2) is 59.8 Å². The first-order valence-electron chi connectivity index (χ1n) is 9.24. The number of benzene rings is 2. The van der Waals surface area contributed by atoms with Crippen molar-refractivity contribution in [1.82, 2.24) is 19.7 Å². The van der Waals surface area contributed by atoms with Crippen LogP contribution < -0.4 is 4.18 Å². The van der Waals surface area contributed by atoms with Crippen molar-refractivity contribution in [3.8, 4) is 11.4 Å². The third-order valence-corrected chi connectivity index (χ3v) is 7.01. The fourth-order valence-electron chi connectivity index (χ4n) is 2.61. The molecule has 10 heteroatoms. The van der Waals surface area contributed by atoms with Gasteiger partial charge in [-0.25, -0.2) is 0 Å². The molecular formula is C20H23ClN4O3S2. The fourth-order valence-corrected chi connectivity index (χ4v) is 4.98. The van der Waals surface area contributed by atoms with E-state index in [9.17, 15) is 8.42 Å². The van der Waals surface area contributed by atoms with Gasteiger partial charge in [-0.15, -0.1) is 10.2 Å². The van der Waals surface area contributed by atoms with Crippen LogP contribution in [0.4, 0.5) is 0 Å². The smallest absolute Gasteiger partial charge is 0.310 e. The Morgan fingerprint density at radius 1 is 1.10 bits per heavy atom. The highest BCUT2D eigenvalue weighted by Crippen LogP contribution is 2.27. The number of rotatable bonds is 9. The van der Waals surface area contributed by atoms with Gasteiger partial charge in [-0.1, -0.05) is 41.6 Å². The number of nitrogens with zero attached hydrogens (tertiary/aromatic N) is 4. The summed E-state index contributed by atoms with van der Waals surface area (Å²) in [6.07, 6.45) is 0. The van der Waals surface area contributed by atoms with E-state index in [1.54, 1.807) is 42.5 Å². The van der Waals surface area contributed by atoms with Crippen LogP contribution in [0.25, 0.3) is 5.69 Å². The SMILES string of the molecule is CC(c1nnc(SCCS(=O)(=O)Oc2ccccc2)n1-c1ccc(Cl)cc1)N(C)C. The van der Waals surface area contributed by atoms with E-state index >= 15 is 0 Å². The molecule has 1 aromatic heterocycles. The van der Waals surface area contributed by atoms with Gasteiger partial charge in [0.15, 0.2) is 11.0 Å². The van der Waals surface area contributed by atoms with Gasteiger partial charge in [-0.3, -0.25) is 9.47 Å². The molecule has 0 fully saturated rings. The van der Waals surface area contributed by atoms with E-state index in [-0.39, 0.29) is 17.5 Å². The van der Waals surface area contributed by atoms with Crippen LogP contribution in [0, 0.1) is 0 Å². The predicted octanol–water partition coefficient (Wildman–Crippen LogP) is 4.04. The van der Waals surface area contributed by atoms with E-state index in [1.165, 1.54) is 11.8 Å². The van der Waals surface area contributed by atoms with Crippen LogP contribution in [-0.2, 0) is 10.1 Å². The van der Waals surface area contributed by atoms with Gasteiger partial charge >= 0.3 is 10.1 Å². The first kappa shape index (κ1) is 22.6. The molecule has 0 amide bonds. The van der Waals surface area contributed by atoms with E-state index in [0.717, 1.165) is 11.5 Å². The number of para-hydroxylation sites is 1. The Balaban J connectivity index is 1.78. The average molecular weight is 467 g/mol. The molecule has 0 radical (unpaired) electrons. The lowest BCUT2D eigenvalue weighted by atomic mass is 10.2. The summed E-state index contributed by atoms with van der Waals surface area (Å²) in [6, 6.07) is 15.8. The van der Waals surface area contributed by atoms with Crippen molar-refractivity contribution < 1.29 is 12.6 Å². The highest BCUT2D eigenvalue weighted by molar-refractivity contribution is 8.00. The topological polar surface area (TPSA) is 77.3 Å². The average Bonchev–Trinajstić information content (AvgIpc) is 3.12. The van der Waals surface area contributed by atoms with Gasteiger partial charge in [0.1, 0.15) is 5.75 Å². The van der Waals surface area contributed by atoms with Crippen molar-refractivity contribution in [2.24, 2.45) is 0 Å². The van der Waals surface area contributed by atoms with Crippen molar-refractivity contribution in [1.29, 1.82) is 0 Å². The number of thioether (sulfide) groups is 1. The molecule has 0 saturated carbocycles. The number of halogens is 1. The minimum Gasteiger partial charge on any atom is -0.382 e. The second kappa shape index (κ2) is 9.82. The highest BCUT2D eigenvalue weighted by Gasteiger charge is 2.22. The molecule has 160 valence electrons. The van der Waals surface area contributed by atoms with Gasteiger partial charge in [-0.05, 0) is 57.4 Å². The third-order valence-electron chi connectivity index (χ3n) is 4.42. The van der Waals surface area contributed by atoms with Gasteiger partial charge in [0.25, 0.3) is 0 Å². The molecule has 0 aliphatic heterocycles. The van der Waals surface area contributed by atoms with Crippen molar-refractivity contribution in [3.05, 3.63) is 65.4 Å². The third kappa shape index (κ3) is 5.75. The fraction of sp³-hybridized carbons (Fsp3) is 0.300.